The van der Waals surface area contributed by atoms with Crippen LogP contribution in [0, 0.1) is 0 Å². The average Bonchev–Trinajstić information content (AvgIpc) is 4.27. The molecule has 4 aromatic heterocycles. The Hall–Kier alpha value is -7.47. The van der Waals surface area contributed by atoms with Crippen molar-refractivity contribution >= 4 is 51.8 Å². The van der Waals surface area contributed by atoms with Crippen LogP contribution in [0.1, 0.15) is 104 Å². The van der Waals surface area contributed by atoms with E-state index in [1.54, 1.807) is 0 Å². The summed E-state index contributed by atoms with van der Waals surface area (Å²) in [6.45, 7) is 4.51. The first-order chi connectivity index (χ1) is 38.4. The molecular weight excluding hydrogens is 1070 g/mol. The maximum Gasteiger partial charge on any atom is 0.150 e. The molecule has 1 unspecified atom stereocenters. The molecular formula is C63H70N4O10S3. The second kappa shape index (κ2) is 25.3. The van der Waals surface area contributed by atoms with Crippen LogP contribution in [-0.2, 0) is 29.5 Å². The molecule has 8 aromatic rings. The third-order valence-corrected chi connectivity index (χ3v) is 16.7. The molecule has 14 nitrogen and oxygen atoms in total. The summed E-state index contributed by atoms with van der Waals surface area (Å²) >= 11 is 0. The quantitative estimate of drug-likeness (QED) is 0.0405. The number of hydrogen-bond donors (Lipinski definition) is 4. The summed E-state index contributed by atoms with van der Waals surface area (Å²) in [4.78, 5) is 15.3. The number of sulfone groups is 3. The van der Waals surface area contributed by atoms with E-state index >= 15 is 0 Å². The van der Waals surface area contributed by atoms with Gasteiger partial charge in [-0.1, -0.05) is 88.1 Å². The van der Waals surface area contributed by atoms with Gasteiger partial charge in [-0.2, -0.15) is 0 Å². The lowest BCUT2D eigenvalue weighted by atomic mass is 10.0. The van der Waals surface area contributed by atoms with Gasteiger partial charge in [-0.25, -0.2) is 25.3 Å². The Morgan fingerprint density at radius 2 is 0.662 bits per heavy atom. The van der Waals surface area contributed by atoms with E-state index in [0.717, 1.165) is 120 Å². The molecule has 17 heteroatoms. The van der Waals surface area contributed by atoms with E-state index in [-0.39, 0.29) is 43.2 Å². The lowest BCUT2D eigenvalue weighted by molar-refractivity contribution is 0.175. The molecule has 4 aromatic carbocycles. The van der Waals surface area contributed by atoms with Gasteiger partial charge in [0.25, 0.3) is 0 Å². The van der Waals surface area contributed by atoms with Gasteiger partial charge in [0.1, 0.15) is 42.8 Å². The number of nitrogens with one attached hydrogen (secondary N) is 4. The highest BCUT2D eigenvalue weighted by molar-refractivity contribution is 7.91. The maximum absolute atomic E-state index is 11.9. The van der Waals surface area contributed by atoms with Gasteiger partial charge in [0.05, 0.1) is 23.4 Å². The number of hydrogen-bond acceptors (Lipinski definition) is 10. The predicted molar refractivity (Wildman–Crippen MR) is 318 cm³/mol. The Morgan fingerprint density at radius 3 is 0.950 bits per heavy atom. The fourth-order valence-corrected chi connectivity index (χ4v) is 11.1. The van der Waals surface area contributed by atoms with Crippen molar-refractivity contribution in [3.8, 4) is 23.0 Å². The third kappa shape index (κ3) is 15.0. The molecule has 0 saturated carbocycles. The zero-order valence-corrected chi connectivity index (χ0v) is 48.4. The number of unbranched alkanes of at least 4 members (excludes halogenated alkanes) is 3. The summed E-state index contributed by atoms with van der Waals surface area (Å²) in [5.41, 5.74) is 10.3. The molecule has 4 N–H and O–H groups in total. The van der Waals surface area contributed by atoms with Crippen LogP contribution in [0.3, 0.4) is 0 Å². The monoisotopic (exact) mass is 1140 g/mol. The Labute approximate surface area is 469 Å². The number of fused-ring (bicyclic) bond motifs is 8. The molecule has 0 amide bonds. The summed E-state index contributed by atoms with van der Waals surface area (Å²) in [6, 6.07) is 47.7. The standard InChI is InChI=1S/C63H70N4O10S3/c1-6-8-9-10-12-50(11-7-2)77-51-27-19-46(20-28-51)63-58-35-33-56(66-58)61(44-15-23-48(24-16-44)75-38-41-79(4,70)71)54-31-29-52(64-54)60(43-13-21-47(22-14-43)74-37-40-78(3,68)69)53-30-32-55(65-53)62(57-34-36-59(63)67-57)45-17-25-49(26-18-45)76-39-42-80(5,72)73/h13-36,50,64-67H,6-12,37-42H2,1-5H3. The fourth-order valence-electron chi connectivity index (χ4n) is 9.93. The summed E-state index contributed by atoms with van der Waals surface area (Å²) in [5, 5.41) is 3.28. The number of H-pyrrole nitrogens is 4. The van der Waals surface area contributed by atoms with Gasteiger partial charge in [-0.15, -0.1) is 0 Å². The fraction of sp³-hybridized carbons (Fsp3) is 0.302. The van der Waals surface area contributed by atoms with Crippen molar-refractivity contribution in [2.75, 3.05) is 55.8 Å². The van der Waals surface area contributed by atoms with Crippen molar-refractivity contribution < 1.29 is 44.2 Å². The SMILES string of the molecule is CCCCCCC(CCC)Oc1ccc(C2=c3ccc([nH]3)=C(c3ccc(OCCS(C)(=O)=O)cc3)c3ccc([nH]3)C(c3ccc(OCCS(C)(=O)=O)cc3)=c3ccc([nH]3)=C(c3ccc(OCCS(C)(=O)=O)cc3)c3ccc2[nH]3)cc1. The van der Waals surface area contributed by atoms with E-state index in [2.05, 4.69) is 94.4 Å². The minimum atomic E-state index is -3.22. The predicted octanol–water partition coefficient (Wildman–Crippen LogP) is 8.09. The molecule has 0 fully saturated rings. The van der Waals surface area contributed by atoms with Crippen LogP contribution in [0.25, 0.3) is 22.3 Å². The smallest absolute Gasteiger partial charge is 0.150 e. The third-order valence-electron chi connectivity index (χ3n) is 13.9. The molecule has 5 heterocycles. The van der Waals surface area contributed by atoms with Crippen molar-refractivity contribution in [2.45, 2.75) is 64.9 Å². The van der Waals surface area contributed by atoms with Crippen LogP contribution in [0.5, 0.6) is 23.0 Å². The van der Waals surface area contributed by atoms with Crippen LogP contribution >= 0.6 is 0 Å². The lowest BCUT2D eigenvalue weighted by Crippen LogP contribution is -2.19. The van der Waals surface area contributed by atoms with Crippen LogP contribution in [-0.4, -0.2) is 107 Å². The zero-order chi connectivity index (χ0) is 56.4. The van der Waals surface area contributed by atoms with Crippen molar-refractivity contribution in [1.29, 1.82) is 0 Å². The van der Waals surface area contributed by atoms with E-state index in [1.165, 1.54) is 38.0 Å². The van der Waals surface area contributed by atoms with Crippen LogP contribution in [0.15, 0.2) is 146 Å². The molecule has 0 spiro atoms. The normalized spacial score (nSPS) is 13.4. The van der Waals surface area contributed by atoms with Gasteiger partial charge in [-0.05, 0) is 139 Å². The van der Waals surface area contributed by atoms with Crippen LogP contribution in [0.4, 0.5) is 0 Å². The van der Waals surface area contributed by atoms with Crippen molar-refractivity contribution in [2.24, 2.45) is 0 Å². The number of rotatable bonds is 25. The van der Waals surface area contributed by atoms with Gasteiger partial charge in [0.15, 0.2) is 29.5 Å². The molecule has 0 saturated heterocycles. The Bertz CT molecular complexity index is 4030. The molecule has 1 aliphatic heterocycles. The number of aromatic nitrogens is 4. The van der Waals surface area contributed by atoms with Gasteiger partial charge in [0, 0.05) is 85.2 Å². The van der Waals surface area contributed by atoms with E-state index in [4.69, 9.17) is 18.9 Å². The molecule has 8 bridgehead atoms. The van der Waals surface area contributed by atoms with Gasteiger partial charge < -0.3 is 38.9 Å². The van der Waals surface area contributed by atoms with Crippen LogP contribution < -0.4 is 40.3 Å². The summed E-state index contributed by atoms with van der Waals surface area (Å²) in [7, 11) is -9.66. The molecule has 9 rings (SSSR count). The largest absolute Gasteiger partial charge is 0.493 e. The van der Waals surface area contributed by atoms with Crippen molar-refractivity contribution in [1.82, 2.24) is 19.9 Å². The Kier molecular flexibility index (Phi) is 18.1. The highest BCUT2D eigenvalue weighted by atomic mass is 32.2. The molecule has 1 atom stereocenters. The Balaban J connectivity index is 1.24. The van der Waals surface area contributed by atoms with E-state index in [1.807, 2.05) is 84.9 Å². The number of ether oxygens (including phenoxy) is 4. The molecule has 420 valence electrons. The molecule has 1 aliphatic rings. The highest BCUT2D eigenvalue weighted by Gasteiger charge is 2.20. The zero-order valence-electron chi connectivity index (χ0n) is 45.9. The first-order valence-electron chi connectivity index (χ1n) is 27.2. The molecule has 0 aliphatic carbocycles. The second-order valence-corrected chi connectivity index (χ2v) is 27.3. The summed E-state index contributed by atoms with van der Waals surface area (Å²) in [5.74, 6) is 2.13. The second-order valence-electron chi connectivity index (χ2n) is 20.6. The first kappa shape index (κ1) is 57.2. The molecule has 80 heavy (non-hydrogen) atoms. The van der Waals surface area contributed by atoms with Crippen LogP contribution in [0.2, 0.25) is 0 Å². The Morgan fingerprint density at radius 1 is 0.350 bits per heavy atom. The van der Waals surface area contributed by atoms with E-state index in [9.17, 15) is 25.3 Å². The number of aromatic amines is 4. The van der Waals surface area contributed by atoms with E-state index in [0.29, 0.717) is 17.2 Å². The van der Waals surface area contributed by atoms with Gasteiger partial charge >= 0.3 is 0 Å². The highest BCUT2D eigenvalue weighted by Crippen LogP contribution is 2.31. The van der Waals surface area contributed by atoms with Crippen molar-refractivity contribution in [3.05, 3.63) is 212 Å². The first-order valence-corrected chi connectivity index (χ1v) is 33.3. The minimum Gasteiger partial charge on any atom is -0.493 e. The van der Waals surface area contributed by atoms with E-state index < -0.39 is 29.5 Å². The lowest BCUT2D eigenvalue weighted by Gasteiger charge is -2.19. The van der Waals surface area contributed by atoms with Gasteiger partial charge in [0.2, 0.25) is 0 Å². The van der Waals surface area contributed by atoms with Gasteiger partial charge in [-0.3, -0.25) is 0 Å². The number of benzene rings is 4. The minimum absolute atomic E-state index is 0.0215. The average molecular weight is 1140 g/mol. The maximum atomic E-state index is 11.9. The topological polar surface area (TPSA) is 202 Å². The molecule has 0 radical (unpaired) electrons. The van der Waals surface area contributed by atoms with Crippen molar-refractivity contribution in [3.63, 3.8) is 0 Å². The summed E-state index contributed by atoms with van der Waals surface area (Å²) < 4.78 is 95.8. The summed E-state index contributed by atoms with van der Waals surface area (Å²) in [6.07, 6.45) is 11.5.